The predicted octanol–water partition coefficient (Wildman–Crippen LogP) is 4.32. The van der Waals surface area contributed by atoms with Crippen molar-refractivity contribution in [3.63, 3.8) is 0 Å². The summed E-state index contributed by atoms with van der Waals surface area (Å²) in [5.41, 5.74) is 0.220. The van der Waals surface area contributed by atoms with E-state index in [4.69, 9.17) is 23.2 Å². The molecule has 5 heteroatoms. The Hall–Kier alpha value is -0.770. The van der Waals surface area contributed by atoms with E-state index in [9.17, 15) is 9.90 Å². The number of carboxylic acid groups (broad SMARTS) is 1. The molecule has 1 heterocycles. The zero-order valence-corrected chi connectivity index (χ0v) is 13.9. The fourth-order valence-corrected chi connectivity index (χ4v) is 3.39. The van der Waals surface area contributed by atoms with E-state index in [1.54, 1.807) is 0 Å². The van der Waals surface area contributed by atoms with Crippen LogP contribution in [0.5, 0.6) is 0 Å². The molecule has 0 bridgehead atoms. The zero-order valence-electron chi connectivity index (χ0n) is 12.4. The lowest BCUT2D eigenvalue weighted by Gasteiger charge is -2.39. The van der Waals surface area contributed by atoms with Crippen molar-refractivity contribution in [1.82, 2.24) is 4.90 Å². The lowest BCUT2D eigenvalue weighted by atomic mass is 9.74. The van der Waals surface area contributed by atoms with Gasteiger partial charge >= 0.3 is 5.97 Å². The minimum absolute atomic E-state index is 0.144. The molecule has 0 radical (unpaired) electrons. The molecular weight excluding hydrogens is 309 g/mol. The number of piperidine rings is 1. The molecule has 1 aromatic carbocycles. The summed E-state index contributed by atoms with van der Waals surface area (Å²) in [5.74, 6) is -0.588. The second-order valence-corrected chi connectivity index (χ2v) is 7.12. The Kier molecular flexibility index (Phi) is 5.18. The topological polar surface area (TPSA) is 40.5 Å². The minimum Gasteiger partial charge on any atom is -0.481 e. The summed E-state index contributed by atoms with van der Waals surface area (Å²) in [4.78, 5) is 13.7. The molecule has 1 N–H and O–H groups in total. The summed E-state index contributed by atoms with van der Waals surface area (Å²) in [6.07, 6.45) is 1.95. The summed E-state index contributed by atoms with van der Waals surface area (Å²) in [7, 11) is 0. The van der Waals surface area contributed by atoms with Gasteiger partial charge in [0.05, 0.1) is 5.41 Å². The van der Waals surface area contributed by atoms with E-state index in [1.165, 1.54) is 0 Å². The van der Waals surface area contributed by atoms with Crippen LogP contribution >= 0.6 is 23.2 Å². The molecule has 0 aromatic heterocycles. The first-order chi connectivity index (χ1) is 9.82. The number of halogens is 2. The van der Waals surface area contributed by atoms with Crippen molar-refractivity contribution in [3.8, 4) is 0 Å². The van der Waals surface area contributed by atoms with Gasteiger partial charge in [0.2, 0.25) is 0 Å². The Morgan fingerprint density at radius 2 is 2.00 bits per heavy atom. The van der Waals surface area contributed by atoms with Gasteiger partial charge < -0.3 is 5.11 Å². The van der Waals surface area contributed by atoms with Gasteiger partial charge in [-0.3, -0.25) is 9.69 Å². The Morgan fingerprint density at radius 3 is 2.57 bits per heavy atom. The maximum atomic E-state index is 11.4. The molecule has 21 heavy (non-hydrogen) atoms. The zero-order chi connectivity index (χ0) is 15.6. The Bertz CT molecular complexity index is 511. The molecule has 1 aliphatic rings. The maximum Gasteiger partial charge on any atom is 0.309 e. The molecule has 1 aromatic rings. The number of aliphatic carboxylic acids is 1. The summed E-state index contributed by atoms with van der Waals surface area (Å²) < 4.78 is 0. The van der Waals surface area contributed by atoms with Crippen molar-refractivity contribution in [2.45, 2.75) is 33.2 Å². The second-order valence-electron chi connectivity index (χ2n) is 6.30. The highest BCUT2D eigenvalue weighted by atomic mass is 35.5. The van der Waals surface area contributed by atoms with Crippen LogP contribution in [-0.4, -0.2) is 29.1 Å². The van der Waals surface area contributed by atoms with Crippen molar-refractivity contribution in [1.29, 1.82) is 0 Å². The third kappa shape index (κ3) is 3.71. The number of hydrogen-bond donors (Lipinski definition) is 1. The van der Waals surface area contributed by atoms with Crippen molar-refractivity contribution < 1.29 is 9.90 Å². The summed E-state index contributed by atoms with van der Waals surface area (Å²) >= 11 is 12.4. The van der Waals surface area contributed by atoms with E-state index in [1.807, 2.05) is 32.0 Å². The number of carboxylic acids is 1. The van der Waals surface area contributed by atoms with Gasteiger partial charge in [-0.25, -0.2) is 0 Å². The van der Waals surface area contributed by atoms with Crippen LogP contribution in [0.3, 0.4) is 0 Å². The number of likely N-dealkylation sites (tertiary alicyclic amines) is 1. The van der Waals surface area contributed by atoms with Crippen LogP contribution in [-0.2, 0) is 11.3 Å². The molecule has 1 unspecified atom stereocenters. The molecule has 0 aliphatic carbocycles. The van der Waals surface area contributed by atoms with Crippen LogP contribution in [0.25, 0.3) is 0 Å². The predicted molar refractivity (Wildman–Crippen MR) is 85.9 cm³/mol. The van der Waals surface area contributed by atoms with Crippen molar-refractivity contribution in [3.05, 3.63) is 33.8 Å². The van der Waals surface area contributed by atoms with Gasteiger partial charge in [-0.1, -0.05) is 29.3 Å². The van der Waals surface area contributed by atoms with Gasteiger partial charge in [0.15, 0.2) is 0 Å². The van der Waals surface area contributed by atoms with Crippen LogP contribution < -0.4 is 0 Å². The summed E-state index contributed by atoms with van der Waals surface area (Å²) in [6, 6.07) is 5.51. The average molecular weight is 330 g/mol. The van der Waals surface area contributed by atoms with Crippen LogP contribution in [0.2, 0.25) is 10.0 Å². The van der Waals surface area contributed by atoms with Gasteiger partial charge in [0.1, 0.15) is 0 Å². The summed E-state index contributed by atoms with van der Waals surface area (Å²) in [5, 5.41) is 10.7. The monoisotopic (exact) mass is 329 g/mol. The Balaban J connectivity index is 2.10. The number of rotatable bonds is 4. The van der Waals surface area contributed by atoms with E-state index in [-0.39, 0.29) is 5.92 Å². The van der Waals surface area contributed by atoms with E-state index in [2.05, 4.69) is 4.90 Å². The first-order valence-corrected chi connectivity index (χ1v) is 7.96. The highest BCUT2D eigenvalue weighted by Gasteiger charge is 2.39. The molecule has 0 amide bonds. The quantitative estimate of drug-likeness (QED) is 0.894. The third-order valence-corrected chi connectivity index (χ3v) is 5.23. The summed E-state index contributed by atoms with van der Waals surface area (Å²) in [6.45, 7) is 6.01. The molecular formula is C16H21Cl2NO2. The normalized spacial score (nSPS) is 20.5. The highest BCUT2D eigenvalue weighted by molar-refractivity contribution is 6.35. The molecule has 3 nitrogen and oxygen atoms in total. The van der Waals surface area contributed by atoms with Gasteiger partial charge in [0, 0.05) is 28.7 Å². The van der Waals surface area contributed by atoms with Gasteiger partial charge in [-0.05, 0) is 51.3 Å². The van der Waals surface area contributed by atoms with Crippen LogP contribution in [0.15, 0.2) is 18.2 Å². The smallest absolute Gasteiger partial charge is 0.309 e. The molecule has 1 saturated heterocycles. The number of carbonyl (C=O) groups is 1. The molecule has 116 valence electrons. The van der Waals surface area contributed by atoms with Crippen molar-refractivity contribution >= 4 is 29.2 Å². The maximum absolute atomic E-state index is 11.4. The van der Waals surface area contributed by atoms with Crippen molar-refractivity contribution in [2.24, 2.45) is 11.3 Å². The number of nitrogens with zero attached hydrogens (tertiary/aromatic N) is 1. The van der Waals surface area contributed by atoms with Gasteiger partial charge in [-0.2, -0.15) is 0 Å². The van der Waals surface area contributed by atoms with Crippen LogP contribution in [0, 0.1) is 11.3 Å². The molecule has 1 atom stereocenters. The first-order valence-electron chi connectivity index (χ1n) is 7.21. The fraction of sp³-hybridized carbons (Fsp3) is 0.562. The van der Waals surface area contributed by atoms with Crippen LogP contribution in [0.4, 0.5) is 0 Å². The van der Waals surface area contributed by atoms with E-state index in [0.717, 1.165) is 31.5 Å². The second kappa shape index (κ2) is 6.55. The van der Waals surface area contributed by atoms with E-state index >= 15 is 0 Å². The van der Waals surface area contributed by atoms with Gasteiger partial charge in [-0.15, -0.1) is 0 Å². The van der Waals surface area contributed by atoms with E-state index < -0.39 is 11.4 Å². The third-order valence-electron chi connectivity index (χ3n) is 4.52. The van der Waals surface area contributed by atoms with Gasteiger partial charge in [0.25, 0.3) is 0 Å². The minimum atomic E-state index is -0.731. The number of hydrogen-bond acceptors (Lipinski definition) is 2. The lowest BCUT2D eigenvalue weighted by molar-refractivity contribution is -0.151. The molecule has 1 aliphatic heterocycles. The number of benzene rings is 1. The Labute approximate surface area is 135 Å². The average Bonchev–Trinajstić information content (AvgIpc) is 2.43. The van der Waals surface area contributed by atoms with Crippen LogP contribution in [0.1, 0.15) is 32.3 Å². The molecule has 0 spiro atoms. The molecule has 0 saturated carbocycles. The standard InChI is InChI=1S/C16H21Cl2NO2/c1-16(2,15(20)21)11-5-4-8-19(9-11)10-12-13(17)6-3-7-14(12)18/h3,6-7,11H,4-5,8-10H2,1-2H3,(H,20,21). The largest absolute Gasteiger partial charge is 0.481 e. The first kappa shape index (κ1) is 16.6. The lowest BCUT2D eigenvalue weighted by Crippen LogP contribution is -2.44. The van der Waals surface area contributed by atoms with Crippen molar-refractivity contribution in [2.75, 3.05) is 13.1 Å². The van der Waals surface area contributed by atoms with E-state index in [0.29, 0.717) is 16.6 Å². The SMILES string of the molecule is CC(C)(C(=O)O)C1CCCN(Cc2c(Cl)cccc2Cl)C1. The highest BCUT2D eigenvalue weighted by Crippen LogP contribution is 2.35. The fourth-order valence-electron chi connectivity index (χ4n) is 2.87. The molecule has 1 fully saturated rings. The Morgan fingerprint density at radius 1 is 1.38 bits per heavy atom. The molecule has 2 rings (SSSR count).